The zero-order chi connectivity index (χ0) is 20.1. The van der Waals surface area contributed by atoms with Crippen molar-refractivity contribution in [1.82, 2.24) is 14.7 Å². The normalized spacial score (nSPS) is 22.1. The molecule has 2 aliphatic heterocycles. The number of aliphatic imine (C=N–C) groups is 1. The van der Waals surface area contributed by atoms with E-state index in [4.69, 9.17) is 11.5 Å². The number of imide groups is 1. The second kappa shape index (κ2) is 8.56. The highest BCUT2D eigenvalue weighted by Crippen LogP contribution is 2.32. The number of urea groups is 1. The summed E-state index contributed by atoms with van der Waals surface area (Å²) in [5.41, 5.74) is 10.4. The molecule has 150 valence electrons. The van der Waals surface area contributed by atoms with Gasteiger partial charge in [0.2, 0.25) is 5.91 Å². The lowest BCUT2D eigenvalue weighted by Crippen LogP contribution is -2.69. The van der Waals surface area contributed by atoms with Gasteiger partial charge in [0.1, 0.15) is 0 Å². The maximum atomic E-state index is 12.6. The lowest BCUT2D eigenvalue weighted by atomic mass is 9.84. The van der Waals surface area contributed by atoms with Gasteiger partial charge in [-0.15, -0.1) is 0 Å². The molecule has 2 fully saturated rings. The Bertz CT molecular complexity index is 641. The first-order valence-corrected chi connectivity index (χ1v) is 8.51. The molecular formula is C15H24N6O6. The molecule has 0 aromatic carbocycles. The number of nitrogens with two attached hydrogens (primary N) is 2. The van der Waals surface area contributed by atoms with Gasteiger partial charge in [-0.2, -0.15) is 0 Å². The molecule has 27 heavy (non-hydrogen) atoms. The number of carboxylic acids is 1. The summed E-state index contributed by atoms with van der Waals surface area (Å²) in [6.07, 6.45) is 0.205. The number of likely N-dealkylation sites (tertiary alicyclic amines) is 1. The molecule has 12 nitrogen and oxygen atoms in total. The molecule has 0 unspecified atom stereocenters. The zero-order valence-electron chi connectivity index (χ0n) is 15.0. The summed E-state index contributed by atoms with van der Waals surface area (Å²) >= 11 is 0. The van der Waals surface area contributed by atoms with Gasteiger partial charge >= 0.3 is 18.1 Å². The van der Waals surface area contributed by atoms with Crippen molar-refractivity contribution in [1.29, 1.82) is 0 Å². The number of β-lactam (4-membered cyclic amide) rings is 1. The third-order valence-corrected chi connectivity index (χ3v) is 4.62. The lowest BCUT2D eigenvalue weighted by Gasteiger charge is -2.46. The van der Waals surface area contributed by atoms with Crippen LogP contribution in [-0.4, -0.2) is 95.6 Å². The van der Waals surface area contributed by atoms with Gasteiger partial charge in [-0.1, -0.05) is 0 Å². The molecule has 2 rings (SSSR count). The van der Waals surface area contributed by atoms with Crippen molar-refractivity contribution in [2.45, 2.75) is 18.9 Å². The van der Waals surface area contributed by atoms with Crippen molar-refractivity contribution in [3.63, 3.8) is 0 Å². The lowest BCUT2D eigenvalue weighted by molar-refractivity contribution is -0.167. The van der Waals surface area contributed by atoms with Crippen LogP contribution in [0.3, 0.4) is 0 Å². The number of ether oxygens (including phenoxy) is 1. The predicted octanol–water partition coefficient (Wildman–Crippen LogP) is -1.54. The molecule has 2 aliphatic rings. The Labute approximate surface area is 155 Å². The Morgan fingerprint density at radius 2 is 1.78 bits per heavy atom. The molecule has 0 spiro atoms. The molecular weight excluding hydrogens is 360 g/mol. The van der Waals surface area contributed by atoms with Gasteiger partial charge < -0.3 is 31.1 Å². The van der Waals surface area contributed by atoms with Crippen molar-refractivity contribution in [3.8, 4) is 0 Å². The van der Waals surface area contributed by atoms with Crippen molar-refractivity contribution in [2.75, 3.05) is 39.8 Å². The van der Waals surface area contributed by atoms with Crippen molar-refractivity contribution < 1.29 is 29.0 Å². The molecule has 0 aromatic heterocycles. The smallest absolute Gasteiger partial charge is 0.409 e. The minimum atomic E-state index is -1.23. The molecule has 0 bridgehead atoms. The van der Waals surface area contributed by atoms with Crippen LogP contribution in [0.1, 0.15) is 12.8 Å². The van der Waals surface area contributed by atoms with E-state index in [0.717, 1.165) is 4.90 Å². The van der Waals surface area contributed by atoms with E-state index in [2.05, 4.69) is 9.73 Å². The number of piperazine rings is 1. The Kier molecular flexibility index (Phi) is 6.42. The average molecular weight is 384 g/mol. The van der Waals surface area contributed by atoms with Crippen LogP contribution in [0.25, 0.3) is 0 Å². The molecule has 0 saturated carbocycles. The topological polar surface area (TPSA) is 172 Å². The molecule has 2 heterocycles. The van der Waals surface area contributed by atoms with Crippen LogP contribution in [0, 0.1) is 5.92 Å². The van der Waals surface area contributed by atoms with Gasteiger partial charge in [-0.3, -0.25) is 9.79 Å². The number of carbonyl (C=O) groups is 4. The van der Waals surface area contributed by atoms with Gasteiger partial charge in [0, 0.05) is 32.7 Å². The molecule has 0 radical (unpaired) electrons. The monoisotopic (exact) mass is 384 g/mol. The first-order chi connectivity index (χ1) is 12.8. The first kappa shape index (κ1) is 20.3. The minimum absolute atomic E-state index is 0.0763. The fourth-order valence-electron chi connectivity index (χ4n) is 3.21. The summed E-state index contributed by atoms with van der Waals surface area (Å²) in [5.74, 6) is -2.61. The first-order valence-electron chi connectivity index (χ1n) is 8.51. The van der Waals surface area contributed by atoms with Crippen molar-refractivity contribution >= 4 is 30.0 Å². The third kappa shape index (κ3) is 4.38. The zero-order valence-corrected chi connectivity index (χ0v) is 15.0. The second-order valence-electron chi connectivity index (χ2n) is 6.27. The quantitative estimate of drug-likeness (QED) is 0.221. The second-order valence-corrected chi connectivity index (χ2v) is 6.27. The summed E-state index contributed by atoms with van der Waals surface area (Å²) in [6.45, 7) is 1.17. The Hall–Kier alpha value is -3.05. The van der Waals surface area contributed by atoms with Gasteiger partial charge in [0.05, 0.1) is 13.0 Å². The molecule has 2 atom stereocenters. The van der Waals surface area contributed by atoms with E-state index in [1.807, 2.05) is 0 Å². The Morgan fingerprint density at radius 1 is 1.19 bits per heavy atom. The van der Waals surface area contributed by atoms with E-state index in [0.29, 0.717) is 6.42 Å². The third-order valence-electron chi connectivity index (χ3n) is 4.62. The van der Waals surface area contributed by atoms with Crippen molar-refractivity contribution in [3.05, 3.63) is 0 Å². The number of rotatable bonds is 5. The molecule has 4 amide bonds. The predicted molar refractivity (Wildman–Crippen MR) is 92.6 cm³/mol. The number of amides is 4. The van der Waals surface area contributed by atoms with Gasteiger partial charge in [0.25, 0.3) is 0 Å². The molecule has 12 heteroatoms. The van der Waals surface area contributed by atoms with Gasteiger partial charge in [-0.25, -0.2) is 19.3 Å². The van der Waals surface area contributed by atoms with Crippen LogP contribution in [-0.2, 0) is 14.3 Å². The van der Waals surface area contributed by atoms with Crippen LogP contribution in [0.5, 0.6) is 0 Å². The number of aliphatic carboxylic acids is 1. The van der Waals surface area contributed by atoms with E-state index < -0.39 is 36.0 Å². The summed E-state index contributed by atoms with van der Waals surface area (Å²) in [4.78, 5) is 55.3. The largest absolute Gasteiger partial charge is 0.480 e. The fourth-order valence-corrected chi connectivity index (χ4v) is 3.21. The number of carboxylic acid groups (broad SMARTS) is 1. The SMILES string of the molecule is COC(=O)N1CCN(C(=O)N2C(=O)[C@H](CCCN=C(N)N)[C@H]2C(=O)O)CC1. The number of carbonyl (C=O) groups excluding carboxylic acids is 3. The van der Waals surface area contributed by atoms with Crippen LogP contribution >= 0.6 is 0 Å². The highest BCUT2D eigenvalue weighted by molar-refractivity contribution is 6.07. The number of guanidine groups is 1. The Morgan fingerprint density at radius 3 is 2.30 bits per heavy atom. The summed E-state index contributed by atoms with van der Waals surface area (Å²) in [5, 5.41) is 9.43. The van der Waals surface area contributed by atoms with Crippen LogP contribution in [0.4, 0.5) is 9.59 Å². The standard InChI is InChI=1S/C15H24N6O6/c1-27-15(26)20-7-5-19(6-8-20)14(25)21-10(12(23)24)9(11(21)22)3-2-4-18-13(16)17/h9-10H,2-8H2,1H3,(H,23,24)(H4,16,17,18)/t9-,10+/m1/s1. The average Bonchev–Trinajstić information content (AvgIpc) is 2.64. The molecule has 2 saturated heterocycles. The Balaban J connectivity index is 1.94. The van der Waals surface area contributed by atoms with E-state index in [1.165, 1.54) is 16.9 Å². The van der Waals surface area contributed by atoms with Gasteiger partial charge in [0.15, 0.2) is 12.0 Å². The molecule has 0 aliphatic carbocycles. The fraction of sp³-hybridized carbons (Fsp3) is 0.667. The number of nitrogens with zero attached hydrogens (tertiary/aromatic N) is 4. The summed E-state index contributed by atoms with van der Waals surface area (Å²) < 4.78 is 4.62. The van der Waals surface area contributed by atoms with E-state index >= 15 is 0 Å². The van der Waals surface area contributed by atoms with Crippen LogP contribution < -0.4 is 11.5 Å². The number of hydrogen-bond acceptors (Lipinski definition) is 6. The van der Waals surface area contributed by atoms with Gasteiger partial charge in [-0.05, 0) is 12.8 Å². The van der Waals surface area contributed by atoms with Crippen LogP contribution in [0.15, 0.2) is 4.99 Å². The summed E-state index contributed by atoms with van der Waals surface area (Å²) in [7, 11) is 1.27. The highest BCUT2D eigenvalue weighted by atomic mass is 16.5. The minimum Gasteiger partial charge on any atom is -0.480 e. The molecule has 5 N–H and O–H groups in total. The summed E-state index contributed by atoms with van der Waals surface area (Å²) in [6, 6.07) is -1.86. The van der Waals surface area contributed by atoms with Crippen molar-refractivity contribution in [2.24, 2.45) is 22.4 Å². The highest BCUT2D eigenvalue weighted by Gasteiger charge is 2.55. The molecule has 0 aromatic rings. The maximum Gasteiger partial charge on any atom is 0.409 e. The van der Waals surface area contributed by atoms with E-state index in [1.54, 1.807) is 0 Å². The number of hydrogen-bond donors (Lipinski definition) is 3. The van der Waals surface area contributed by atoms with E-state index in [9.17, 15) is 24.3 Å². The van der Waals surface area contributed by atoms with Crippen LogP contribution in [0.2, 0.25) is 0 Å². The van der Waals surface area contributed by atoms with E-state index in [-0.39, 0.29) is 45.1 Å². The maximum absolute atomic E-state index is 12.6. The number of methoxy groups -OCH3 is 1.